The Morgan fingerprint density at radius 1 is 1.30 bits per heavy atom. The van der Waals surface area contributed by atoms with E-state index in [0.29, 0.717) is 16.8 Å². The number of fused-ring (bicyclic) bond motifs is 1. The zero-order chi connectivity index (χ0) is 14.5. The number of cyclic esters (lactones) is 1. The predicted octanol–water partition coefficient (Wildman–Crippen LogP) is 0.762. The summed E-state index contributed by atoms with van der Waals surface area (Å²) in [5.74, 6) is -0.967. The maximum absolute atomic E-state index is 13.0. The van der Waals surface area contributed by atoms with Crippen LogP contribution in [0.15, 0.2) is 18.2 Å². The summed E-state index contributed by atoms with van der Waals surface area (Å²) in [5.41, 5.74) is 1.43. The number of rotatable bonds is 2. The number of nitrogens with zero attached hydrogens (tertiary/aromatic N) is 1. The van der Waals surface area contributed by atoms with E-state index in [-0.39, 0.29) is 19.6 Å². The van der Waals surface area contributed by atoms with Crippen molar-refractivity contribution in [2.24, 2.45) is 0 Å². The molecular formula is C12H10FNO5S. The van der Waals surface area contributed by atoms with E-state index in [0.717, 1.165) is 0 Å². The number of carbonyl (C=O) groups is 2. The second-order valence-corrected chi connectivity index (χ2v) is 6.34. The minimum Gasteiger partial charge on any atom is -0.457 e. The summed E-state index contributed by atoms with van der Waals surface area (Å²) in [7, 11) is -4.75. The molecule has 0 aliphatic carbocycles. The van der Waals surface area contributed by atoms with Gasteiger partial charge in [0.1, 0.15) is 11.9 Å². The van der Waals surface area contributed by atoms with Gasteiger partial charge in [-0.3, -0.25) is 4.79 Å². The van der Waals surface area contributed by atoms with Crippen molar-refractivity contribution in [3.8, 4) is 0 Å². The molecule has 1 saturated heterocycles. The number of esters is 1. The van der Waals surface area contributed by atoms with Crippen LogP contribution in [0.2, 0.25) is 0 Å². The molecule has 2 aliphatic rings. The molecule has 0 radical (unpaired) electrons. The van der Waals surface area contributed by atoms with Crippen molar-refractivity contribution in [1.82, 2.24) is 0 Å². The van der Waals surface area contributed by atoms with Crippen LogP contribution in [0, 0.1) is 0 Å². The smallest absolute Gasteiger partial charge is 0.338 e. The molecule has 0 N–H and O–H groups in total. The molecule has 0 aromatic heterocycles. The molecule has 20 heavy (non-hydrogen) atoms. The van der Waals surface area contributed by atoms with E-state index in [4.69, 9.17) is 4.74 Å². The molecule has 0 bridgehead atoms. The van der Waals surface area contributed by atoms with Crippen molar-refractivity contribution in [3.05, 3.63) is 29.3 Å². The third kappa shape index (κ3) is 2.05. The van der Waals surface area contributed by atoms with Crippen LogP contribution < -0.4 is 4.90 Å². The van der Waals surface area contributed by atoms with E-state index in [2.05, 4.69) is 0 Å². The molecule has 1 fully saturated rings. The average molecular weight is 299 g/mol. The lowest BCUT2D eigenvalue weighted by Gasteiger charge is -2.16. The second-order valence-electron chi connectivity index (χ2n) is 4.72. The Bertz CT molecular complexity index is 715. The van der Waals surface area contributed by atoms with Gasteiger partial charge in [0.2, 0.25) is 5.91 Å². The van der Waals surface area contributed by atoms with Crippen LogP contribution in [-0.2, 0) is 26.4 Å². The van der Waals surface area contributed by atoms with Crippen LogP contribution in [0.5, 0.6) is 0 Å². The van der Waals surface area contributed by atoms with Crippen LogP contribution >= 0.6 is 0 Å². The Balaban J connectivity index is 1.93. The fourth-order valence-electron chi connectivity index (χ4n) is 2.38. The molecule has 8 heteroatoms. The number of benzene rings is 1. The Morgan fingerprint density at radius 2 is 2.05 bits per heavy atom. The first kappa shape index (κ1) is 13.0. The van der Waals surface area contributed by atoms with Crippen LogP contribution in [0.3, 0.4) is 0 Å². The van der Waals surface area contributed by atoms with Crippen molar-refractivity contribution in [2.45, 2.75) is 18.3 Å². The van der Waals surface area contributed by atoms with Crippen molar-refractivity contribution < 1.29 is 26.6 Å². The topological polar surface area (TPSA) is 80.8 Å². The van der Waals surface area contributed by atoms with Crippen molar-refractivity contribution >= 4 is 27.8 Å². The first-order valence-corrected chi connectivity index (χ1v) is 7.35. The van der Waals surface area contributed by atoms with Gasteiger partial charge in [0.05, 0.1) is 5.56 Å². The van der Waals surface area contributed by atoms with Gasteiger partial charge >= 0.3 is 16.2 Å². The van der Waals surface area contributed by atoms with Gasteiger partial charge in [0.15, 0.2) is 0 Å². The summed E-state index contributed by atoms with van der Waals surface area (Å²) < 4.78 is 39.6. The number of halogens is 1. The monoisotopic (exact) mass is 299 g/mol. The van der Waals surface area contributed by atoms with E-state index in [1.165, 1.54) is 11.0 Å². The van der Waals surface area contributed by atoms with E-state index < -0.39 is 27.3 Å². The molecule has 1 aromatic carbocycles. The molecule has 1 unspecified atom stereocenters. The summed E-state index contributed by atoms with van der Waals surface area (Å²) in [6.45, 7) is -0.0601. The molecule has 2 heterocycles. The Labute approximate surface area is 114 Å². The number of anilines is 1. The van der Waals surface area contributed by atoms with Crippen LogP contribution in [0.4, 0.5) is 9.57 Å². The highest BCUT2D eigenvalue weighted by Crippen LogP contribution is 2.30. The summed E-state index contributed by atoms with van der Waals surface area (Å²) in [5, 5.41) is -1.35. The van der Waals surface area contributed by atoms with E-state index in [9.17, 15) is 21.9 Å². The largest absolute Gasteiger partial charge is 0.457 e. The SMILES string of the molecule is O=C1OCc2ccc(N3CC(S(=O)(=O)F)CC3=O)cc21. The fraction of sp³-hybridized carbons (Fsp3) is 0.333. The van der Waals surface area contributed by atoms with Gasteiger partial charge in [0.25, 0.3) is 0 Å². The van der Waals surface area contributed by atoms with E-state index >= 15 is 0 Å². The lowest BCUT2D eigenvalue weighted by Crippen LogP contribution is -2.27. The first-order chi connectivity index (χ1) is 9.36. The third-order valence-corrected chi connectivity index (χ3v) is 4.58. The summed E-state index contributed by atoms with van der Waals surface area (Å²) >= 11 is 0. The van der Waals surface area contributed by atoms with Gasteiger partial charge in [-0.1, -0.05) is 6.07 Å². The zero-order valence-corrected chi connectivity index (χ0v) is 11.0. The quantitative estimate of drug-likeness (QED) is 0.595. The molecule has 3 rings (SSSR count). The van der Waals surface area contributed by atoms with Crippen LogP contribution in [0.25, 0.3) is 0 Å². The molecule has 106 valence electrons. The molecule has 1 aromatic rings. The minimum absolute atomic E-state index is 0.184. The number of amides is 1. The average Bonchev–Trinajstić information content (AvgIpc) is 2.93. The van der Waals surface area contributed by atoms with E-state index in [1.54, 1.807) is 12.1 Å². The zero-order valence-electron chi connectivity index (χ0n) is 10.2. The lowest BCUT2D eigenvalue weighted by molar-refractivity contribution is -0.117. The van der Waals surface area contributed by atoms with Crippen molar-refractivity contribution in [2.75, 3.05) is 11.4 Å². The number of hydrogen-bond donors (Lipinski definition) is 0. The number of hydrogen-bond acceptors (Lipinski definition) is 5. The van der Waals surface area contributed by atoms with Gasteiger partial charge in [-0.15, -0.1) is 3.89 Å². The van der Waals surface area contributed by atoms with Crippen LogP contribution in [0.1, 0.15) is 22.3 Å². The highest BCUT2D eigenvalue weighted by atomic mass is 32.3. The highest BCUT2D eigenvalue weighted by Gasteiger charge is 2.39. The summed E-state index contributed by atoms with van der Waals surface area (Å²) in [6.07, 6.45) is -0.389. The fourth-order valence-corrected chi connectivity index (χ4v) is 3.05. The van der Waals surface area contributed by atoms with Gasteiger partial charge < -0.3 is 9.64 Å². The Hall–Kier alpha value is -1.96. The summed E-state index contributed by atoms with van der Waals surface area (Å²) in [4.78, 5) is 24.4. The van der Waals surface area contributed by atoms with Crippen molar-refractivity contribution in [1.29, 1.82) is 0 Å². The molecule has 0 saturated carbocycles. The molecule has 2 aliphatic heterocycles. The normalized spacial score (nSPS) is 22.1. The minimum atomic E-state index is -4.75. The number of carbonyl (C=O) groups excluding carboxylic acids is 2. The highest BCUT2D eigenvalue weighted by molar-refractivity contribution is 7.87. The first-order valence-electron chi connectivity index (χ1n) is 5.90. The van der Waals surface area contributed by atoms with Gasteiger partial charge in [-0.05, 0) is 12.1 Å². The molecular weight excluding hydrogens is 289 g/mol. The second kappa shape index (κ2) is 4.27. The van der Waals surface area contributed by atoms with Gasteiger partial charge in [0, 0.05) is 24.2 Å². The third-order valence-electron chi connectivity index (χ3n) is 3.47. The lowest BCUT2D eigenvalue weighted by atomic mass is 10.1. The predicted molar refractivity (Wildman–Crippen MR) is 66.3 cm³/mol. The Kier molecular flexibility index (Phi) is 2.79. The Morgan fingerprint density at radius 3 is 2.70 bits per heavy atom. The van der Waals surface area contributed by atoms with Gasteiger partial charge in [-0.25, -0.2) is 4.79 Å². The summed E-state index contributed by atoms with van der Waals surface area (Å²) in [6, 6.07) is 4.70. The molecule has 0 spiro atoms. The maximum atomic E-state index is 13.0. The van der Waals surface area contributed by atoms with Gasteiger partial charge in [-0.2, -0.15) is 8.42 Å². The van der Waals surface area contributed by atoms with Crippen molar-refractivity contribution in [3.63, 3.8) is 0 Å². The molecule has 6 nitrogen and oxygen atoms in total. The molecule has 1 amide bonds. The maximum Gasteiger partial charge on any atom is 0.338 e. The number of ether oxygens (including phenoxy) is 1. The van der Waals surface area contributed by atoms with E-state index in [1.807, 2.05) is 0 Å². The molecule has 1 atom stereocenters. The van der Waals surface area contributed by atoms with Crippen LogP contribution in [-0.4, -0.2) is 32.1 Å². The standard InChI is InChI=1S/C12H10FNO5S/c13-20(17,18)9-4-11(15)14(5-9)8-2-1-7-6-19-12(16)10(7)3-8/h1-3,9H,4-6H2.